The molecule has 0 fully saturated rings. The summed E-state index contributed by atoms with van der Waals surface area (Å²) in [7, 11) is 4.76. The Morgan fingerprint density at radius 1 is 1.04 bits per heavy atom. The van der Waals surface area contributed by atoms with Gasteiger partial charge in [-0.05, 0) is 23.3 Å². The van der Waals surface area contributed by atoms with Gasteiger partial charge >= 0.3 is 0 Å². The van der Waals surface area contributed by atoms with E-state index in [-0.39, 0.29) is 0 Å². The monoisotopic (exact) mass is 359 g/mol. The molecule has 0 aliphatic heterocycles. The Bertz CT molecular complexity index is 746. The molecule has 0 unspecified atom stereocenters. The van der Waals surface area contributed by atoms with Crippen LogP contribution in [-0.4, -0.2) is 27.2 Å². The summed E-state index contributed by atoms with van der Waals surface area (Å²) in [5, 5.41) is 0. The number of rotatable bonds is 8. The van der Waals surface area contributed by atoms with Gasteiger partial charge in [-0.1, -0.05) is 30.8 Å². The van der Waals surface area contributed by atoms with E-state index in [9.17, 15) is 4.79 Å². The maximum atomic E-state index is 11.2. The van der Waals surface area contributed by atoms with Crippen molar-refractivity contribution in [2.75, 3.05) is 21.3 Å². The molecule has 0 saturated heterocycles. The highest BCUT2D eigenvalue weighted by atomic mass is 32.2. The highest BCUT2D eigenvalue weighted by Crippen LogP contribution is 2.41. The van der Waals surface area contributed by atoms with E-state index in [4.69, 9.17) is 19.9 Å². The van der Waals surface area contributed by atoms with Gasteiger partial charge in [-0.3, -0.25) is 4.79 Å². The van der Waals surface area contributed by atoms with E-state index in [1.165, 1.54) is 0 Å². The standard InChI is InChI=1S/C19H21NO4S/c1-12(19(20)21)14-7-5-13(6-8-14)11-25-15-9-16(22-2)18(24-4)17(10-15)23-3/h5-10H,1,11H2,2-4H3,(H2,20,21). The minimum atomic E-state index is -0.514. The van der Waals surface area contributed by atoms with Crippen LogP contribution in [0.3, 0.4) is 0 Å². The van der Waals surface area contributed by atoms with Crippen molar-refractivity contribution in [3.05, 3.63) is 54.1 Å². The first-order valence-electron chi connectivity index (χ1n) is 7.51. The number of ether oxygens (including phenoxy) is 3. The molecule has 2 N–H and O–H groups in total. The lowest BCUT2D eigenvalue weighted by Crippen LogP contribution is -2.11. The lowest BCUT2D eigenvalue weighted by Gasteiger charge is -2.14. The molecule has 6 heteroatoms. The SMILES string of the molecule is C=C(C(N)=O)c1ccc(CSc2cc(OC)c(OC)c(OC)c2)cc1. The van der Waals surface area contributed by atoms with Gasteiger partial charge in [0.1, 0.15) is 0 Å². The van der Waals surface area contributed by atoms with E-state index in [0.717, 1.165) is 21.8 Å². The summed E-state index contributed by atoms with van der Waals surface area (Å²) in [5.74, 6) is 2.06. The summed E-state index contributed by atoms with van der Waals surface area (Å²) in [5.41, 5.74) is 7.39. The molecule has 25 heavy (non-hydrogen) atoms. The van der Waals surface area contributed by atoms with E-state index in [2.05, 4.69) is 6.58 Å². The molecule has 2 rings (SSSR count). The highest BCUT2D eigenvalue weighted by molar-refractivity contribution is 7.98. The first-order chi connectivity index (χ1) is 12.0. The van der Waals surface area contributed by atoms with E-state index in [1.54, 1.807) is 33.1 Å². The average Bonchev–Trinajstić information content (AvgIpc) is 2.64. The second kappa shape index (κ2) is 8.48. The molecule has 2 aromatic rings. The minimum absolute atomic E-state index is 0.309. The second-order valence-corrected chi connectivity index (χ2v) is 6.24. The van der Waals surface area contributed by atoms with E-state index < -0.39 is 5.91 Å². The summed E-state index contributed by atoms with van der Waals surface area (Å²) < 4.78 is 16.1. The Balaban J connectivity index is 2.13. The fourth-order valence-electron chi connectivity index (χ4n) is 2.25. The van der Waals surface area contributed by atoms with Crippen LogP contribution in [-0.2, 0) is 10.5 Å². The Morgan fingerprint density at radius 2 is 1.60 bits per heavy atom. The topological polar surface area (TPSA) is 70.8 Å². The van der Waals surface area contributed by atoms with E-state index >= 15 is 0 Å². The zero-order valence-corrected chi connectivity index (χ0v) is 15.3. The van der Waals surface area contributed by atoms with Gasteiger partial charge in [-0.15, -0.1) is 11.8 Å². The fraction of sp³-hybridized carbons (Fsp3) is 0.211. The molecule has 2 aromatic carbocycles. The molecule has 0 heterocycles. The van der Waals surface area contributed by atoms with Crippen molar-refractivity contribution in [3.63, 3.8) is 0 Å². The van der Waals surface area contributed by atoms with Crippen molar-refractivity contribution in [1.29, 1.82) is 0 Å². The number of amides is 1. The molecule has 0 atom stereocenters. The lowest BCUT2D eigenvalue weighted by atomic mass is 10.1. The molecule has 0 spiro atoms. The third-order valence-electron chi connectivity index (χ3n) is 3.64. The third kappa shape index (κ3) is 4.48. The zero-order chi connectivity index (χ0) is 18.4. The van der Waals surface area contributed by atoms with Crippen LogP contribution in [0.5, 0.6) is 17.2 Å². The van der Waals surface area contributed by atoms with Gasteiger partial charge < -0.3 is 19.9 Å². The first-order valence-corrected chi connectivity index (χ1v) is 8.49. The maximum Gasteiger partial charge on any atom is 0.248 e. The number of methoxy groups -OCH3 is 3. The number of carbonyl (C=O) groups excluding carboxylic acids is 1. The van der Waals surface area contributed by atoms with Crippen molar-refractivity contribution in [2.24, 2.45) is 5.73 Å². The predicted molar refractivity (Wildman–Crippen MR) is 100 cm³/mol. The normalized spacial score (nSPS) is 10.2. The minimum Gasteiger partial charge on any atom is -0.493 e. The summed E-state index contributed by atoms with van der Waals surface area (Å²) in [6, 6.07) is 11.4. The molecule has 0 aliphatic carbocycles. The van der Waals surface area contributed by atoms with Gasteiger partial charge in [-0.2, -0.15) is 0 Å². The number of hydrogen-bond donors (Lipinski definition) is 1. The molecule has 0 aromatic heterocycles. The molecule has 132 valence electrons. The lowest BCUT2D eigenvalue weighted by molar-refractivity contribution is -0.112. The van der Waals surface area contributed by atoms with Crippen LogP contribution in [0.1, 0.15) is 11.1 Å². The van der Waals surface area contributed by atoms with Crippen LogP contribution in [0, 0.1) is 0 Å². The summed E-state index contributed by atoms with van der Waals surface area (Å²) in [4.78, 5) is 12.2. The van der Waals surface area contributed by atoms with Crippen LogP contribution in [0.4, 0.5) is 0 Å². The quantitative estimate of drug-likeness (QED) is 0.577. The summed E-state index contributed by atoms with van der Waals surface area (Å²) in [6.07, 6.45) is 0. The molecular formula is C19H21NO4S. The number of primary amides is 1. The Kier molecular flexibility index (Phi) is 6.36. The largest absolute Gasteiger partial charge is 0.493 e. The summed E-state index contributed by atoms with van der Waals surface area (Å²) in [6.45, 7) is 3.68. The molecule has 0 bridgehead atoms. The van der Waals surface area contributed by atoms with Crippen LogP contribution in [0.15, 0.2) is 47.9 Å². The molecular weight excluding hydrogens is 338 g/mol. The maximum absolute atomic E-state index is 11.2. The van der Waals surface area contributed by atoms with E-state index in [1.807, 2.05) is 36.4 Å². The predicted octanol–water partition coefficient (Wildman–Crippen LogP) is 3.50. The van der Waals surface area contributed by atoms with Crippen LogP contribution >= 0.6 is 11.8 Å². The van der Waals surface area contributed by atoms with Crippen molar-refractivity contribution in [1.82, 2.24) is 0 Å². The summed E-state index contributed by atoms with van der Waals surface area (Å²) >= 11 is 1.64. The molecule has 5 nitrogen and oxygen atoms in total. The molecule has 0 saturated carbocycles. The van der Waals surface area contributed by atoms with Crippen LogP contribution < -0.4 is 19.9 Å². The van der Waals surface area contributed by atoms with Gasteiger partial charge in [0.15, 0.2) is 11.5 Å². The van der Waals surface area contributed by atoms with Gasteiger partial charge in [0.2, 0.25) is 11.7 Å². The van der Waals surface area contributed by atoms with Crippen molar-refractivity contribution >= 4 is 23.2 Å². The second-order valence-electron chi connectivity index (χ2n) is 5.19. The average molecular weight is 359 g/mol. The van der Waals surface area contributed by atoms with Gasteiger partial charge in [0.05, 0.1) is 21.3 Å². The zero-order valence-electron chi connectivity index (χ0n) is 14.5. The number of thioether (sulfide) groups is 1. The van der Waals surface area contributed by atoms with Crippen LogP contribution in [0.25, 0.3) is 5.57 Å². The van der Waals surface area contributed by atoms with Crippen molar-refractivity contribution in [2.45, 2.75) is 10.6 Å². The van der Waals surface area contributed by atoms with Gasteiger partial charge in [-0.25, -0.2) is 0 Å². The Labute approximate surface area is 151 Å². The fourth-order valence-corrected chi connectivity index (χ4v) is 3.16. The van der Waals surface area contributed by atoms with Crippen molar-refractivity contribution in [3.8, 4) is 17.2 Å². The number of carbonyl (C=O) groups is 1. The van der Waals surface area contributed by atoms with E-state index in [0.29, 0.717) is 22.8 Å². The van der Waals surface area contributed by atoms with Gasteiger partial charge in [0, 0.05) is 16.2 Å². The Morgan fingerprint density at radius 3 is 2.04 bits per heavy atom. The Hall–Kier alpha value is -2.60. The molecule has 0 aliphatic rings. The smallest absolute Gasteiger partial charge is 0.248 e. The molecule has 1 amide bonds. The van der Waals surface area contributed by atoms with Crippen LogP contribution in [0.2, 0.25) is 0 Å². The number of nitrogens with two attached hydrogens (primary N) is 1. The first kappa shape index (κ1) is 18.7. The highest BCUT2D eigenvalue weighted by Gasteiger charge is 2.13. The number of benzene rings is 2. The number of hydrogen-bond acceptors (Lipinski definition) is 5. The third-order valence-corrected chi connectivity index (χ3v) is 4.69. The van der Waals surface area contributed by atoms with Crippen molar-refractivity contribution < 1.29 is 19.0 Å². The molecule has 0 radical (unpaired) electrons. The van der Waals surface area contributed by atoms with Gasteiger partial charge in [0.25, 0.3) is 0 Å².